The maximum atomic E-state index is 13.2. The first-order valence-corrected chi connectivity index (χ1v) is 11.9. The van der Waals surface area contributed by atoms with Crippen molar-refractivity contribution in [3.63, 3.8) is 0 Å². The highest BCUT2D eigenvalue weighted by molar-refractivity contribution is 6.39. The highest BCUT2D eigenvalue weighted by Gasteiger charge is 2.31. The number of para-hydroxylation sites is 1. The van der Waals surface area contributed by atoms with Gasteiger partial charge >= 0.3 is 0 Å². The number of azo groups is 1. The van der Waals surface area contributed by atoms with Gasteiger partial charge in [0.2, 0.25) is 6.04 Å². The molecule has 0 saturated heterocycles. The topological polar surface area (TPSA) is 99.0 Å². The van der Waals surface area contributed by atoms with Crippen molar-refractivity contribution in [3.8, 4) is 23.0 Å². The van der Waals surface area contributed by atoms with Crippen molar-refractivity contribution in [2.45, 2.75) is 40.7 Å². The number of amides is 1. The van der Waals surface area contributed by atoms with Gasteiger partial charge in [0.1, 0.15) is 5.69 Å². The fourth-order valence-electron chi connectivity index (χ4n) is 3.03. The Hall–Kier alpha value is -3.04. The second-order valence-electron chi connectivity index (χ2n) is 6.94. The molecule has 0 spiro atoms. The number of carbonyl (C=O) groups excluding carboxylic acids is 2. The molecule has 1 amide bonds. The number of hydrogen-bond acceptors (Lipinski definition) is 8. The third-order valence-corrected chi connectivity index (χ3v) is 5.07. The minimum absolute atomic E-state index is 0.216. The number of benzene rings is 2. The van der Waals surface area contributed by atoms with Gasteiger partial charge in [-0.3, -0.25) is 9.59 Å². The van der Waals surface area contributed by atoms with Gasteiger partial charge in [-0.05, 0) is 52.8 Å². The summed E-state index contributed by atoms with van der Waals surface area (Å²) in [6.45, 7) is 9.93. The minimum atomic E-state index is -1.50. The van der Waals surface area contributed by atoms with E-state index in [0.717, 1.165) is 4.42 Å². The third-order valence-electron chi connectivity index (χ3n) is 4.44. The molecule has 35 heavy (non-hydrogen) atoms. The van der Waals surface area contributed by atoms with Crippen molar-refractivity contribution >= 4 is 46.4 Å². The molecule has 0 aliphatic heterocycles. The molecule has 0 aliphatic rings. The molecule has 11 heteroatoms. The van der Waals surface area contributed by atoms with Crippen LogP contribution < -0.4 is 23.4 Å². The average Bonchev–Trinajstić information content (AvgIpc) is 2.82. The van der Waals surface area contributed by atoms with E-state index in [-0.39, 0.29) is 22.1 Å². The maximum absolute atomic E-state index is 13.2. The summed E-state index contributed by atoms with van der Waals surface area (Å²) in [6, 6.07) is 6.49. The quantitative estimate of drug-likeness (QED) is 0.176. The van der Waals surface area contributed by atoms with Gasteiger partial charge < -0.3 is 18.9 Å². The number of rotatable bonds is 13. The molecule has 0 radical (unpaired) electrons. The largest absolute Gasteiger partial charge is 0.490 e. The molecule has 9 nitrogen and oxygen atoms in total. The van der Waals surface area contributed by atoms with Crippen LogP contribution in [0.5, 0.6) is 23.0 Å². The molecule has 2 rings (SSSR count). The monoisotopic (exact) mass is 525 g/mol. The highest BCUT2D eigenvalue weighted by Crippen LogP contribution is 2.41. The summed E-state index contributed by atoms with van der Waals surface area (Å²) in [5, 5.41) is 8.28. The number of halogens is 2. The molecule has 2 aromatic carbocycles. The van der Waals surface area contributed by atoms with Gasteiger partial charge in [-0.25, -0.2) is 4.42 Å². The van der Waals surface area contributed by atoms with Gasteiger partial charge in [-0.2, -0.15) is 10.2 Å². The van der Waals surface area contributed by atoms with Gasteiger partial charge in [0.15, 0.2) is 28.8 Å². The lowest BCUT2D eigenvalue weighted by atomic mass is 10.2. The SMILES string of the molecule is CCOc1cc(N=NC(C(C)=O)C(=O)N(Cl)c2cccc(OCC)c2OCC)cc(Cl)c1OCC. The van der Waals surface area contributed by atoms with Gasteiger partial charge in [-0.15, -0.1) is 0 Å². The van der Waals surface area contributed by atoms with Crippen molar-refractivity contribution in [2.75, 3.05) is 30.8 Å². The Morgan fingerprint density at radius 3 is 2.11 bits per heavy atom. The lowest BCUT2D eigenvalue weighted by molar-refractivity contribution is -0.126. The Labute approximate surface area is 215 Å². The van der Waals surface area contributed by atoms with E-state index in [2.05, 4.69) is 10.2 Å². The zero-order valence-electron chi connectivity index (χ0n) is 20.3. The number of anilines is 1. The Morgan fingerprint density at radius 2 is 1.51 bits per heavy atom. The lowest BCUT2D eigenvalue weighted by Gasteiger charge is -2.21. The van der Waals surface area contributed by atoms with Gasteiger partial charge in [-0.1, -0.05) is 17.7 Å². The molecule has 0 fully saturated rings. The van der Waals surface area contributed by atoms with E-state index in [1.807, 2.05) is 20.8 Å². The number of ketones is 1. The molecule has 0 aliphatic carbocycles. The molecule has 0 bridgehead atoms. The highest BCUT2D eigenvalue weighted by atomic mass is 35.5. The van der Waals surface area contributed by atoms with Crippen LogP contribution >= 0.6 is 23.4 Å². The number of nitrogens with zero attached hydrogens (tertiary/aromatic N) is 3. The number of ether oxygens (including phenoxy) is 4. The summed E-state index contributed by atoms with van der Waals surface area (Å²) in [4.78, 5) is 25.5. The van der Waals surface area contributed by atoms with E-state index in [9.17, 15) is 9.59 Å². The average molecular weight is 526 g/mol. The Balaban J connectivity index is 2.40. The van der Waals surface area contributed by atoms with Crippen LogP contribution in [0.15, 0.2) is 40.6 Å². The molecule has 0 saturated carbocycles. The molecular formula is C24H29Cl2N3O6. The Morgan fingerprint density at radius 1 is 0.914 bits per heavy atom. The molecular weight excluding hydrogens is 497 g/mol. The van der Waals surface area contributed by atoms with Crippen LogP contribution in [0.4, 0.5) is 11.4 Å². The fourth-order valence-corrected chi connectivity index (χ4v) is 3.52. The fraction of sp³-hybridized carbons (Fsp3) is 0.417. The third kappa shape index (κ3) is 7.22. The van der Waals surface area contributed by atoms with Crippen LogP contribution in [-0.2, 0) is 9.59 Å². The molecule has 0 heterocycles. The predicted octanol–water partition coefficient (Wildman–Crippen LogP) is 6.16. The standard InChI is InChI=1S/C24H29Cl2N3O6/c1-6-32-19-12-10-11-18(23(19)35-9-4)29(26)24(31)21(15(5)30)28-27-16-13-17(25)22(34-8-3)20(14-16)33-7-2/h10-14,21H,6-9H2,1-5H3. The first kappa shape index (κ1) is 28.2. The van der Waals surface area contributed by atoms with Crippen LogP contribution in [0.3, 0.4) is 0 Å². The normalized spacial score (nSPS) is 11.7. The lowest BCUT2D eigenvalue weighted by Crippen LogP contribution is -2.36. The minimum Gasteiger partial charge on any atom is -0.490 e. The summed E-state index contributed by atoms with van der Waals surface area (Å²) in [5.74, 6) is 0.0798. The van der Waals surface area contributed by atoms with Gasteiger partial charge in [0.05, 0.1) is 37.1 Å². The van der Waals surface area contributed by atoms with Crippen LogP contribution in [-0.4, -0.2) is 44.2 Å². The first-order chi connectivity index (χ1) is 16.8. The Kier molecular flexibility index (Phi) is 11.1. The van der Waals surface area contributed by atoms with Crippen molar-refractivity contribution in [2.24, 2.45) is 10.2 Å². The summed E-state index contributed by atoms with van der Waals surface area (Å²) in [6.07, 6.45) is 0. The van der Waals surface area contributed by atoms with Crippen molar-refractivity contribution in [1.29, 1.82) is 0 Å². The first-order valence-electron chi connectivity index (χ1n) is 11.2. The molecule has 0 aromatic heterocycles. The Bertz CT molecular complexity index is 1060. The number of hydrogen-bond donors (Lipinski definition) is 0. The van der Waals surface area contributed by atoms with Crippen molar-refractivity contribution in [3.05, 3.63) is 35.4 Å². The molecule has 1 atom stereocenters. The van der Waals surface area contributed by atoms with Crippen LogP contribution in [0, 0.1) is 0 Å². The second-order valence-corrected chi connectivity index (χ2v) is 7.68. The van der Waals surface area contributed by atoms with Crippen molar-refractivity contribution in [1.82, 2.24) is 0 Å². The number of carbonyl (C=O) groups is 2. The number of Topliss-reactive ketones (excluding diaryl/α,β-unsaturated/α-hetero) is 1. The molecule has 0 N–H and O–H groups in total. The van der Waals surface area contributed by atoms with Crippen molar-refractivity contribution < 1.29 is 28.5 Å². The summed E-state index contributed by atoms with van der Waals surface area (Å²) in [7, 11) is 0. The van der Waals surface area contributed by atoms with E-state index >= 15 is 0 Å². The zero-order valence-corrected chi connectivity index (χ0v) is 21.9. The van der Waals surface area contributed by atoms with E-state index in [4.69, 9.17) is 42.3 Å². The zero-order chi connectivity index (χ0) is 26.0. The maximum Gasteiger partial charge on any atom is 0.276 e. The van der Waals surface area contributed by atoms with E-state index in [0.29, 0.717) is 43.7 Å². The van der Waals surface area contributed by atoms with Gasteiger partial charge in [0.25, 0.3) is 5.91 Å². The summed E-state index contributed by atoms with van der Waals surface area (Å²) >= 11 is 12.7. The smallest absolute Gasteiger partial charge is 0.276 e. The van der Waals surface area contributed by atoms with E-state index < -0.39 is 17.7 Å². The van der Waals surface area contributed by atoms with E-state index in [1.165, 1.54) is 13.0 Å². The second kappa shape index (κ2) is 13.7. The molecule has 190 valence electrons. The van der Waals surface area contributed by atoms with Crippen LogP contribution in [0.1, 0.15) is 34.6 Å². The summed E-state index contributed by atoms with van der Waals surface area (Å²) < 4.78 is 23.1. The molecule has 2 aromatic rings. The van der Waals surface area contributed by atoms with Crippen LogP contribution in [0.2, 0.25) is 5.02 Å². The summed E-state index contributed by atoms with van der Waals surface area (Å²) in [5.41, 5.74) is 0.490. The van der Waals surface area contributed by atoms with Gasteiger partial charge in [0, 0.05) is 17.8 Å². The van der Waals surface area contributed by atoms with E-state index in [1.54, 1.807) is 31.2 Å². The molecule has 1 unspecified atom stereocenters. The van der Waals surface area contributed by atoms with Crippen LogP contribution in [0.25, 0.3) is 0 Å². The predicted molar refractivity (Wildman–Crippen MR) is 135 cm³/mol.